The Morgan fingerprint density at radius 3 is 2.22 bits per heavy atom. The third-order valence-electron chi connectivity index (χ3n) is 5.79. The maximum absolute atomic E-state index is 10.8. The van der Waals surface area contributed by atoms with E-state index in [1.165, 1.54) is 41.2 Å². The predicted molar refractivity (Wildman–Crippen MR) is 115 cm³/mol. The summed E-state index contributed by atoms with van der Waals surface area (Å²) in [5, 5.41) is 8.84. The Balaban J connectivity index is 2.46. The molecule has 0 bridgehead atoms. The van der Waals surface area contributed by atoms with Gasteiger partial charge >= 0.3 is 5.97 Å². The maximum atomic E-state index is 10.8. The number of allylic oxidation sites excluding steroid dienone is 5. The molecule has 1 aromatic carbocycles. The topological polar surface area (TPSA) is 37.3 Å². The minimum Gasteiger partial charge on any atom is -0.478 e. The summed E-state index contributed by atoms with van der Waals surface area (Å²) in [5.74, 6) is -0.527. The first kappa shape index (κ1) is 21.2. The quantitative estimate of drug-likeness (QED) is 0.467. The van der Waals surface area contributed by atoms with Gasteiger partial charge < -0.3 is 5.11 Å². The third-order valence-corrected chi connectivity index (χ3v) is 5.79. The highest BCUT2D eigenvalue weighted by Gasteiger charge is 2.37. The van der Waals surface area contributed by atoms with Crippen LogP contribution in [0.4, 0.5) is 0 Å². The molecule has 0 radical (unpaired) electrons. The van der Waals surface area contributed by atoms with Crippen LogP contribution >= 0.6 is 0 Å². The van der Waals surface area contributed by atoms with Crippen molar-refractivity contribution in [2.45, 2.75) is 72.1 Å². The van der Waals surface area contributed by atoms with Crippen molar-refractivity contribution in [2.75, 3.05) is 0 Å². The average molecular weight is 367 g/mol. The van der Waals surface area contributed by atoms with Crippen molar-refractivity contribution in [2.24, 2.45) is 5.92 Å². The van der Waals surface area contributed by atoms with E-state index in [4.69, 9.17) is 5.11 Å². The number of carboxylic acid groups (broad SMARTS) is 1. The van der Waals surface area contributed by atoms with Crippen molar-refractivity contribution in [3.05, 3.63) is 64.8 Å². The van der Waals surface area contributed by atoms with Gasteiger partial charge in [-0.2, -0.15) is 0 Å². The number of benzene rings is 1. The van der Waals surface area contributed by atoms with Crippen molar-refractivity contribution in [1.29, 1.82) is 0 Å². The zero-order valence-corrected chi connectivity index (χ0v) is 17.9. The zero-order chi connectivity index (χ0) is 20.4. The minimum absolute atomic E-state index is 0.194. The summed E-state index contributed by atoms with van der Waals surface area (Å²) in [6, 6.07) is 6.96. The Bertz CT molecular complexity index is 802. The highest BCUT2D eigenvalue weighted by Crippen LogP contribution is 2.46. The second-order valence-corrected chi connectivity index (χ2v) is 9.39. The lowest BCUT2D eigenvalue weighted by Crippen LogP contribution is -2.33. The van der Waals surface area contributed by atoms with Crippen LogP contribution in [0.15, 0.2) is 48.1 Å². The molecule has 1 N–H and O–H groups in total. The fourth-order valence-corrected chi connectivity index (χ4v) is 3.94. The molecule has 2 heteroatoms. The first-order valence-corrected chi connectivity index (χ1v) is 9.89. The SMILES string of the molecule is CC(/C=C/C=C(\c1ccc2c(c1)C(C)(C)CCC2(C)C)C(C)C)=C\C(=O)O. The summed E-state index contributed by atoms with van der Waals surface area (Å²) in [6.45, 7) is 15.6. The smallest absolute Gasteiger partial charge is 0.328 e. The number of rotatable bonds is 5. The summed E-state index contributed by atoms with van der Waals surface area (Å²) in [5.41, 5.74) is 6.63. The molecule has 0 saturated heterocycles. The Morgan fingerprint density at radius 1 is 1.07 bits per heavy atom. The number of carboxylic acids is 1. The van der Waals surface area contributed by atoms with Gasteiger partial charge in [-0.3, -0.25) is 0 Å². The second-order valence-electron chi connectivity index (χ2n) is 9.39. The zero-order valence-electron chi connectivity index (χ0n) is 17.9. The van der Waals surface area contributed by atoms with Crippen LogP contribution in [0.5, 0.6) is 0 Å². The molecule has 0 aromatic heterocycles. The van der Waals surface area contributed by atoms with E-state index in [0.29, 0.717) is 5.92 Å². The summed E-state index contributed by atoms with van der Waals surface area (Å²) in [4.78, 5) is 10.8. The summed E-state index contributed by atoms with van der Waals surface area (Å²) in [7, 11) is 0. The van der Waals surface area contributed by atoms with Crippen molar-refractivity contribution < 1.29 is 9.90 Å². The Kier molecular flexibility index (Phi) is 6.19. The number of hydrogen-bond acceptors (Lipinski definition) is 1. The third kappa shape index (κ3) is 5.00. The molecule has 1 aliphatic carbocycles. The molecule has 2 nitrogen and oxygen atoms in total. The van der Waals surface area contributed by atoms with Crippen molar-refractivity contribution in [3.63, 3.8) is 0 Å². The van der Waals surface area contributed by atoms with Crippen LogP contribution in [0.1, 0.15) is 78.0 Å². The van der Waals surface area contributed by atoms with E-state index in [-0.39, 0.29) is 10.8 Å². The van der Waals surface area contributed by atoms with Crippen molar-refractivity contribution in [3.8, 4) is 0 Å². The molecule has 0 unspecified atom stereocenters. The lowest BCUT2D eigenvalue weighted by Gasteiger charge is -2.42. The lowest BCUT2D eigenvalue weighted by molar-refractivity contribution is -0.131. The predicted octanol–water partition coefficient (Wildman–Crippen LogP) is 6.66. The van der Waals surface area contributed by atoms with Crippen LogP contribution in [0.3, 0.4) is 0 Å². The first-order valence-electron chi connectivity index (χ1n) is 9.89. The molecule has 0 saturated carbocycles. The Labute approximate surface area is 164 Å². The molecule has 146 valence electrons. The first-order chi connectivity index (χ1) is 12.4. The largest absolute Gasteiger partial charge is 0.478 e. The van der Waals surface area contributed by atoms with E-state index < -0.39 is 5.97 Å². The number of fused-ring (bicyclic) bond motifs is 1. The van der Waals surface area contributed by atoms with E-state index in [2.05, 4.69) is 65.8 Å². The minimum atomic E-state index is -0.912. The Morgan fingerprint density at radius 2 is 1.67 bits per heavy atom. The van der Waals surface area contributed by atoms with E-state index in [0.717, 1.165) is 5.57 Å². The maximum Gasteiger partial charge on any atom is 0.328 e. The van der Waals surface area contributed by atoms with E-state index >= 15 is 0 Å². The van der Waals surface area contributed by atoms with Gasteiger partial charge in [0.05, 0.1) is 0 Å². The monoisotopic (exact) mass is 366 g/mol. The molecule has 1 aliphatic rings. The van der Waals surface area contributed by atoms with E-state index in [9.17, 15) is 4.79 Å². The molecular formula is C25H34O2. The van der Waals surface area contributed by atoms with Gasteiger partial charge in [0.25, 0.3) is 0 Å². The van der Waals surface area contributed by atoms with Crippen LogP contribution in [0.25, 0.3) is 5.57 Å². The molecular weight excluding hydrogens is 332 g/mol. The molecule has 0 heterocycles. The van der Waals surface area contributed by atoms with E-state index in [1.807, 2.05) is 12.2 Å². The van der Waals surface area contributed by atoms with Gasteiger partial charge in [-0.15, -0.1) is 0 Å². The van der Waals surface area contributed by atoms with Crippen LogP contribution in [-0.4, -0.2) is 11.1 Å². The van der Waals surface area contributed by atoms with Gasteiger partial charge in [0.15, 0.2) is 0 Å². The highest BCUT2D eigenvalue weighted by atomic mass is 16.4. The number of aliphatic carboxylic acids is 1. The summed E-state index contributed by atoms with van der Waals surface area (Å²) in [6.07, 6.45) is 9.57. The molecule has 1 aromatic rings. The van der Waals surface area contributed by atoms with Crippen LogP contribution in [-0.2, 0) is 15.6 Å². The van der Waals surface area contributed by atoms with Crippen LogP contribution in [0.2, 0.25) is 0 Å². The normalized spacial score (nSPS) is 19.4. The van der Waals surface area contributed by atoms with Gasteiger partial charge in [-0.1, -0.05) is 78.0 Å². The fraction of sp³-hybridized carbons (Fsp3) is 0.480. The molecule has 27 heavy (non-hydrogen) atoms. The summed E-state index contributed by atoms with van der Waals surface area (Å²) >= 11 is 0. The fourth-order valence-electron chi connectivity index (χ4n) is 3.94. The highest BCUT2D eigenvalue weighted by molar-refractivity contribution is 5.81. The molecule has 0 spiro atoms. The van der Waals surface area contributed by atoms with Crippen LogP contribution in [0, 0.1) is 5.92 Å². The molecule has 0 aliphatic heterocycles. The van der Waals surface area contributed by atoms with Crippen molar-refractivity contribution >= 4 is 11.5 Å². The Hall–Kier alpha value is -2.09. The van der Waals surface area contributed by atoms with E-state index in [1.54, 1.807) is 6.92 Å². The average Bonchev–Trinajstić information content (AvgIpc) is 2.55. The summed E-state index contributed by atoms with van der Waals surface area (Å²) < 4.78 is 0. The number of hydrogen-bond donors (Lipinski definition) is 1. The van der Waals surface area contributed by atoms with Gasteiger partial charge in [0.1, 0.15) is 0 Å². The van der Waals surface area contributed by atoms with Gasteiger partial charge in [-0.05, 0) is 64.3 Å². The lowest BCUT2D eigenvalue weighted by atomic mass is 9.62. The molecule has 0 atom stereocenters. The molecule has 0 amide bonds. The van der Waals surface area contributed by atoms with Crippen molar-refractivity contribution in [1.82, 2.24) is 0 Å². The number of carbonyl (C=O) groups is 1. The van der Waals surface area contributed by atoms with Crippen LogP contribution < -0.4 is 0 Å². The second kappa shape index (κ2) is 7.88. The molecule has 2 rings (SSSR count). The standard InChI is InChI=1S/C25H34O2/c1-17(2)20(10-8-9-18(3)15-23(26)27)19-11-12-21-22(16-19)25(6,7)14-13-24(21,4)5/h8-12,15-17H,13-14H2,1-7H3,(H,26,27)/b9-8+,18-15+,20-10-. The van der Waals surface area contributed by atoms with Gasteiger partial charge in [-0.25, -0.2) is 4.79 Å². The van der Waals surface area contributed by atoms with Gasteiger partial charge in [0.2, 0.25) is 0 Å². The van der Waals surface area contributed by atoms with Gasteiger partial charge in [0, 0.05) is 6.08 Å². The molecule has 0 fully saturated rings.